The smallest absolute Gasteiger partial charge is 0.142 e. The number of ether oxygens (including phenoxy) is 1. The van der Waals surface area contributed by atoms with E-state index in [1.165, 1.54) is 17.4 Å². The second-order valence-electron chi connectivity index (χ2n) is 4.45. The van der Waals surface area contributed by atoms with Gasteiger partial charge in [-0.2, -0.15) is 0 Å². The van der Waals surface area contributed by atoms with Crippen molar-refractivity contribution in [1.82, 2.24) is 4.98 Å². The highest BCUT2D eigenvalue weighted by Crippen LogP contribution is 2.27. The number of nitrogens with zero attached hydrogens (tertiary/aromatic N) is 1. The maximum absolute atomic E-state index is 10.3. The molecule has 3 rings (SSSR count). The molecule has 0 radical (unpaired) electrons. The zero-order valence-corrected chi connectivity index (χ0v) is 12.0. The molecule has 3 aromatic rings. The van der Waals surface area contributed by atoms with E-state index in [1.807, 2.05) is 48.5 Å². The summed E-state index contributed by atoms with van der Waals surface area (Å²) in [6, 6.07) is 15.9. The van der Waals surface area contributed by atoms with E-state index in [9.17, 15) is 4.79 Å². The Morgan fingerprint density at radius 1 is 1.14 bits per heavy atom. The van der Waals surface area contributed by atoms with Gasteiger partial charge in [-0.15, -0.1) is 11.3 Å². The lowest BCUT2D eigenvalue weighted by atomic mass is 10.2. The van der Waals surface area contributed by atoms with Gasteiger partial charge in [0.2, 0.25) is 0 Å². The van der Waals surface area contributed by atoms with Crippen LogP contribution < -0.4 is 4.74 Å². The first-order valence-corrected chi connectivity index (χ1v) is 7.36. The Bertz CT molecular complexity index is 778. The Morgan fingerprint density at radius 3 is 2.81 bits per heavy atom. The number of aldehydes is 1. The van der Waals surface area contributed by atoms with Gasteiger partial charge in [0.25, 0.3) is 0 Å². The molecule has 3 nitrogen and oxygen atoms in total. The van der Waals surface area contributed by atoms with Crippen LogP contribution in [0.5, 0.6) is 5.75 Å². The molecule has 0 aliphatic carbocycles. The minimum atomic E-state index is 0.545. The Morgan fingerprint density at radius 2 is 2.00 bits per heavy atom. The van der Waals surface area contributed by atoms with Crippen LogP contribution in [0.25, 0.3) is 16.3 Å². The summed E-state index contributed by atoms with van der Waals surface area (Å²) in [6.45, 7) is 0.545. The maximum atomic E-state index is 10.3. The van der Waals surface area contributed by atoms with E-state index >= 15 is 0 Å². The summed E-state index contributed by atoms with van der Waals surface area (Å²) in [5.74, 6) is 0.820. The number of thiazole rings is 1. The molecule has 0 aliphatic rings. The minimum absolute atomic E-state index is 0.545. The summed E-state index contributed by atoms with van der Waals surface area (Å²) >= 11 is 1.54. The molecule has 0 aliphatic heterocycles. The summed E-state index contributed by atoms with van der Waals surface area (Å²) in [5, 5.41) is 0.817. The van der Waals surface area contributed by atoms with Crippen molar-refractivity contribution in [2.24, 2.45) is 0 Å². The number of fused-ring (bicyclic) bond motifs is 1. The van der Waals surface area contributed by atoms with Crippen LogP contribution in [0.4, 0.5) is 0 Å². The molecular formula is C17H13NO2S. The average Bonchev–Trinajstić information content (AvgIpc) is 2.94. The zero-order valence-electron chi connectivity index (χ0n) is 11.2. The Kier molecular flexibility index (Phi) is 4.07. The van der Waals surface area contributed by atoms with Crippen molar-refractivity contribution in [3.05, 3.63) is 65.2 Å². The van der Waals surface area contributed by atoms with Gasteiger partial charge in [-0.1, -0.05) is 30.3 Å². The number of benzene rings is 2. The van der Waals surface area contributed by atoms with Crippen molar-refractivity contribution in [1.29, 1.82) is 0 Å². The quantitative estimate of drug-likeness (QED) is 0.526. The summed E-state index contributed by atoms with van der Waals surface area (Å²) in [7, 11) is 0. The van der Waals surface area contributed by atoms with Gasteiger partial charge < -0.3 is 4.74 Å². The molecule has 0 fully saturated rings. The lowest BCUT2D eigenvalue weighted by Crippen LogP contribution is -1.94. The van der Waals surface area contributed by atoms with E-state index < -0.39 is 0 Å². The standard InChI is InChI=1S/C17H13NO2S/c19-10-4-7-17-18-15-9-8-14(11-16(15)21-17)20-12-13-5-2-1-3-6-13/h1-11H,12H2/b7-4+. The first kappa shape index (κ1) is 13.5. The van der Waals surface area contributed by atoms with Crippen LogP contribution in [0.15, 0.2) is 54.6 Å². The van der Waals surface area contributed by atoms with E-state index in [2.05, 4.69) is 4.98 Å². The van der Waals surface area contributed by atoms with Gasteiger partial charge in [0.1, 0.15) is 23.7 Å². The van der Waals surface area contributed by atoms with Crippen LogP contribution in [0.3, 0.4) is 0 Å². The number of carbonyl (C=O) groups excluding carboxylic acids is 1. The van der Waals surface area contributed by atoms with Crippen LogP contribution in [0.2, 0.25) is 0 Å². The van der Waals surface area contributed by atoms with E-state index in [4.69, 9.17) is 4.74 Å². The highest BCUT2D eigenvalue weighted by Gasteiger charge is 2.03. The van der Waals surface area contributed by atoms with E-state index in [1.54, 1.807) is 6.08 Å². The number of carbonyl (C=O) groups is 1. The highest BCUT2D eigenvalue weighted by molar-refractivity contribution is 7.19. The fourth-order valence-corrected chi connectivity index (χ4v) is 2.86. The van der Waals surface area contributed by atoms with Gasteiger partial charge in [-0.3, -0.25) is 4.79 Å². The van der Waals surface area contributed by atoms with Crippen LogP contribution in [-0.4, -0.2) is 11.3 Å². The number of hydrogen-bond acceptors (Lipinski definition) is 4. The zero-order chi connectivity index (χ0) is 14.5. The molecule has 0 atom stereocenters. The van der Waals surface area contributed by atoms with E-state index in [0.29, 0.717) is 6.61 Å². The highest BCUT2D eigenvalue weighted by atomic mass is 32.1. The molecule has 1 heterocycles. The number of allylic oxidation sites excluding steroid dienone is 1. The number of hydrogen-bond donors (Lipinski definition) is 0. The summed E-state index contributed by atoms with van der Waals surface area (Å²) in [6.07, 6.45) is 3.91. The van der Waals surface area contributed by atoms with Gasteiger partial charge in [0, 0.05) is 0 Å². The van der Waals surface area contributed by atoms with Crippen molar-refractivity contribution >= 4 is 33.9 Å². The summed E-state index contributed by atoms with van der Waals surface area (Å²) < 4.78 is 6.84. The molecule has 2 aromatic carbocycles. The third-order valence-corrected chi connectivity index (χ3v) is 3.93. The van der Waals surface area contributed by atoms with Crippen molar-refractivity contribution in [2.45, 2.75) is 6.61 Å². The topological polar surface area (TPSA) is 39.2 Å². The lowest BCUT2D eigenvalue weighted by molar-refractivity contribution is -0.104. The molecule has 0 bridgehead atoms. The monoisotopic (exact) mass is 295 g/mol. The molecule has 4 heteroatoms. The Balaban J connectivity index is 1.77. The van der Waals surface area contributed by atoms with Crippen LogP contribution in [-0.2, 0) is 11.4 Å². The first-order chi connectivity index (χ1) is 10.3. The molecule has 104 valence electrons. The number of aromatic nitrogens is 1. The lowest BCUT2D eigenvalue weighted by Gasteiger charge is -2.05. The molecule has 0 saturated carbocycles. The first-order valence-electron chi connectivity index (χ1n) is 6.54. The average molecular weight is 295 g/mol. The number of rotatable bonds is 5. The van der Waals surface area contributed by atoms with Crippen LogP contribution in [0.1, 0.15) is 10.6 Å². The SMILES string of the molecule is O=C/C=C/c1nc2ccc(OCc3ccccc3)cc2s1. The molecule has 1 aromatic heterocycles. The third-order valence-electron chi connectivity index (χ3n) is 2.94. The molecule has 0 saturated heterocycles. The van der Waals surface area contributed by atoms with Crippen molar-refractivity contribution in [3.8, 4) is 5.75 Å². The molecule has 0 amide bonds. The molecular weight excluding hydrogens is 282 g/mol. The largest absolute Gasteiger partial charge is 0.489 e. The third kappa shape index (κ3) is 3.35. The Hall–Kier alpha value is -2.46. The second-order valence-corrected chi connectivity index (χ2v) is 5.51. The van der Waals surface area contributed by atoms with Gasteiger partial charge in [-0.05, 0) is 35.9 Å². The fourth-order valence-electron chi connectivity index (χ4n) is 1.95. The summed E-state index contributed by atoms with van der Waals surface area (Å²) in [4.78, 5) is 14.8. The second kappa shape index (κ2) is 6.33. The van der Waals surface area contributed by atoms with Crippen LogP contribution in [0, 0.1) is 0 Å². The maximum Gasteiger partial charge on any atom is 0.142 e. The molecule has 21 heavy (non-hydrogen) atoms. The predicted molar refractivity (Wildman–Crippen MR) is 85.5 cm³/mol. The van der Waals surface area contributed by atoms with Gasteiger partial charge in [-0.25, -0.2) is 4.98 Å². The predicted octanol–water partition coefficient (Wildman–Crippen LogP) is 4.09. The normalized spacial score (nSPS) is 11.0. The summed E-state index contributed by atoms with van der Waals surface area (Å²) in [5.41, 5.74) is 2.05. The minimum Gasteiger partial charge on any atom is -0.489 e. The van der Waals surface area contributed by atoms with Crippen molar-refractivity contribution in [2.75, 3.05) is 0 Å². The van der Waals surface area contributed by atoms with E-state index in [0.717, 1.165) is 32.8 Å². The van der Waals surface area contributed by atoms with Gasteiger partial charge in [0.15, 0.2) is 0 Å². The fraction of sp³-hybridized carbons (Fsp3) is 0.0588. The van der Waals surface area contributed by atoms with E-state index in [-0.39, 0.29) is 0 Å². The Labute approximate surface area is 126 Å². The molecule has 0 N–H and O–H groups in total. The van der Waals surface area contributed by atoms with Gasteiger partial charge >= 0.3 is 0 Å². The van der Waals surface area contributed by atoms with Crippen molar-refractivity contribution < 1.29 is 9.53 Å². The van der Waals surface area contributed by atoms with Crippen LogP contribution >= 0.6 is 11.3 Å². The van der Waals surface area contributed by atoms with Gasteiger partial charge in [0.05, 0.1) is 10.2 Å². The molecule has 0 spiro atoms. The van der Waals surface area contributed by atoms with Crippen molar-refractivity contribution in [3.63, 3.8) is 0 Å². The molecule has 0 unspecified atom stereocenters.